The second-order valence-corrected chi connectivity index (χ2v) is 5.20. The lowest BCUT2D eigenvalue weighted by atomic mass is 10.2. The molecule has 0 radical (unpaired) electrons. The number of aromatic hydroxyl groups is 1. The van der Waals surface area contributed by atoms with Gasteiger partial charge in [0.05, 0.1) is 17.3 Å². The van der Waals surface area contributed by atoms with Gasteiger partial charge in [0.1, 0.15) is 5.75 Å². The minimum absolute atomic E-state index is 0.305. The monoisotopic (exact) mass is 286 g/mol. The van der Waals surface area contributed by atoms with Crippen molar-refractivity contribution in [3.05, 3.63) is 58.7 Å². The van der Waals surface area contributed by atoms with Gasteiger partial charge in [-0.05, 0) is 36.8 Å². The van der Waals surface area contributed by atoms with Crippen molar-refractivity contribution in [2.24, 2.45) is 0 Å². The smallest absolute Gasteiger partial charge is 0.118 e. The highest BCUT2D eigenvalue weighted by Gasteiger charge is 2.08. The van der Waals surface area contributed by atoms with Crippen LogP contribution in [0.3, 0.4) is 0 Å². The Morgan fingerprint density at radius 1 is 1.20 bits per heavy atom. The number of phenolic OH excluding ortho intramolecular Hbond substituents is 1. The Hall–Kier alpha value is -2.13. The van der Waals surface area contributed by atoms with Crippen LogP contribution in [0.5, 0.6) is 5.75 Å². The number of rotatable bonds is 3. The van der Waals surface area contributed by atoms with Gasteiger partial charge >= 0.3 is 0 Å². The summed E-state index contributed by atoms with van der Waals surface area (Å²) in [5, 5.41) is 14.6. The number of hydrogen-bond acceptors (Lipinski definition) is 2. The molecule has 0 saturated heterocycles. The zero-order chi connectivity index (χ0) is 14.1. The van der Waals surface area contributed by atoms with Crippen LogP contribution in [0.15, 0.2) is 42.5 Å². The van der Waals surface area contributed by atoms with Crippen molar-refractivity contribution in [2.45, 2.75) is 13.5 Å². The molecular weight excluding hydrogens is 272 g/mol. The number of para-hydroxylation sites is 1. The van der Waals surface area contributed by atoms with Gasteiger partial charge in [0, 0.05) is 16.6 Å². The summed E-state index contributed by atoms with van der Waals surface area (Å²) in [6.07, 6.45) is 0. The number of halogens is 1. The molecule has 102 valence electrons. The third kappa shape index (κ3) is 2.32. The molecule has 3 N–H and O–H groups in total. The van der Waals surface area contributed by atoms with Crippen LogP contribution in [0.2, 0.25) is 5.02 Å². The maximum atomic E-state index is 9.51. The number of aromatic nitrogens is 1. The van der Waals surface area contributed by atoms with Gasteiger partial charge in [-0.3, -0.25) is 0 Å². The van der Waals surface area contributed by atoms with Crippen LogP contribution in [0.4, 0.5) is 5.69 Å². The van der Waals surface area contributed by atoms with Gasteiger partial charge in [-0.25, -0.2) is 0 Å². The van der Waals surface area contributed by atoms with Crippen molar-refractivity contribution in [3.63, 3.8) is 0 Å². The fraction of sp³-hybridized carbons (Fsp3) is 0.125. The molecule has 1 heterocycles. The maximum Gasteiger partial charge on any atom is 0.118 e. The first-order valence-corrected chi connectivity index (χ1v) is 6.81. The normalized spacial score (nSPS) is 10.9. The van der Waals surface area contributed by atoms with E-state index in [-0.39, 0.29) is 0 Å². The topological polar surface area (TPSA) is 48.0 Å². The predicted molar refractivity (Wildman–Crippen MR) is 83.5 cm³/mol. The molecule has 0 atom stereocenters. The van der Waals surface area contributed by atoms with E-state index in [0.717, 1.165) is 32.9 Å². The molecule has 0 saturated carbocycles. The van der Waals surface area contributed by atoms with Gasteiger partial charge in [-0.15, -0.1) is 0 Å². The van der Waals surface area contributed by atoms with Crippen LogP contribution in [0.25, 0.3) is 10.9 Å². The SMILES string of the molecule is Cc1cc(NCc2[nH]c3ccccc3c2Cl)ccc1O. The lowest BCUT2D eigenvalue weighted by molar-refractivity contribution is 0.471. The molecule has 0 unspecified atom stereocenters. The zero-order valence-corrected chi connectivity index (χ0v) is 11.8. The Balaban J connectivity index is 1.83. The molecule has 2 aromatic carbocycles. The Labute approximate surface area is 122 Å². The van der Waals surface area contributed by atoms with Crippen LogP contribution in [-0.2, 0) is 6.54 Å². The minimum Gasteiger partial charge on any atom is -0.508 e. The van der Waals surface area contributed by atoms with Crippen molar-refractivity contribution >= 4 is 28.2 Å². The highest BCUT2D eigenvalue weighted by atomic mass is 35.5. The number of aryl methyl sites for hydroxylation is 1. The van der Waals surface area contributed by atoms with Crippen molar-refractivity contribution in [2.75, 3.05) is 5.32 Å². The molecule has 1 aromatic heterocycles. The van der Waals surface area contributed by atoms with E-state index in [0.29, 0.717) is 12.3 Å². The van der Waals surface area contributed by atoms with Crippen molar-refractivity contribution in [1.82, 2.24) is 4.98 Å². The molecule has 4 heteroatoms. The third-order valence-electron chi connectivity index (χ3n) is 3.38. The van der Waals surface area contributed by atoms with Gasteiger partial charge < -0.3 is 15.4 Å². The molecule has 3 nitrogen and oxygen atoms in total. The van der Waals surface area contributed by atoms with Crippen LogP contribution in [0, 0.1) is 6.92 Å². The van der Waals surface area contributed by atoms with Gasteiger partial charge in [0.2, 0.25) is 0 Å². The Kier molecular flexibility index (Phi) is 3.28. The Morgan fingerprint density at radius 2 is 2.00 bits per heavy atom. The summed E-state index contributed by atoms with van der Waals surface area (Å²) < 4.78 is 0. The zero-order valence-electron chi connectivity index (χ0n) is 11.1. The van der Waals surface area contributed by atoms with Crippen LogP contribution in [0.1, 0.15) is 11.3 Å². The van der Waals surface area contributed by atoms with E-state index in [4.69, 9.17) is 11.6 Å². The number of nitrogens with one attached hydrogen (secondary N) is 2. The number of H-pyrrole nitrogens is 1. The number of anilines is 1. The molecule has 0 aliphatic heterocycles. The molecule has 3 aromatic rings. The molecule has 0 amide bonds. The van der Waals surface area contributed by atoms with Gasteiger partial charge in [0.25, 0.3) is 0 Å². The average Bonchev–Trinajstić information content (AvgIpc) is 2.77. The molecule has 0 spiro atoms. The molecule has 3 rings (SSSR count). The Morgan fingerprint density at radius 3 is 2.75 bits per heavy atom. The average molecular weight is 287 g/mol. The summed E-state index contributed by atoms with van der Waals surface area (Å²) >= 11 is 6.37. The van der Waals surface area contributed by atoms with E-state index < -0.39 is 0 Å². The summed E-state index contributed by atoms with van der Waals surface area (Å²) in [6.45, 7) is 2.48. The summed E-state index contributed by atoms with van der Waals surface area (Å²) in [6, 6.07) is 13.4. The van der Waals surface area contributed by atoms with Crippen LogP contribution >= 0.6 is 11.6 Å². The van der Waals surface area contributed by atoms with Crippen molar-refractivity contribution in [3.8, 4) is 5.75 Å². The molecule has 0 aliphatic rings. The number of hydrogen-bond donors (Lipinski definition) is 3. The van der Waals surface area contributed by atoms with E-state index in [2.05, 4.69) is 10.3 Å². The summed E-state index contributed by atoms with van der Waals surface area (Å²) in [5.74, 6) is 0.305. The number of fused-ring (bicyclic) bond motifs is 1. The third-order valence-corrected chi connectivity index (χ3v) is 3.81. The van der Waals surface area contributed by atoms with E-state index >= 15 is 0 Å². The minimum atomic E-state index is 0.305. The lowest BCUT2D eigenvalue weighted by Crippen LogP contribution is -2.00. The second kappa shape index (κ2) is 5.10. The molecule has 0 aliphatic carbocycles. The number of benzene rings is 2. The molecule has 0 bridgehead atoms. The maximum absolute atomic E-state index is 9.51. The highest BCUT2D eigenvalue weighted by molar-refractivity contribution is 6.36. The van der Waals surface area contributed by atoms with E-state index in [9.17, 15) is 5.11 Å². The first-order chi connectivity index (χ1) is 9.65. The highest BCUT2D eigenvalue weighted by Crippen LogP contribution is 2.28. The Bertz CT molecular complexity index is 764. The summed E-state index contributed by atoms with van der Waals surface area (Å²) in [7, 11) is 0. The first-order valence-electron chi connectivity index (χ1n) is 6.44. The fourth-order valence-corrected chi connectivity index (χ4v) is 2.52. The molecular formula is C16H15ClN2O. The van der Waals surface area contributed by atoms with E-state index in [1.165, 1.54) is 0 Å². The van der Waals surface area contributed by atoms with Crippen LogP contribution in [-0.4, -0.2) is 10.1 Å². The second-order valence-electron chi connectivity index (χ2n) is 4.82. The van der Waals surface area contributed by atoms with Gasteiger partial charge in [-0.2, -0.15) is 0 Å². The van der Waals surface area contributed by atoms with Crippen LogP contribution < -0.4 is 5.32 Å². The van der Waals surface area contributed by atoms with Gasteiger partial charge in [0.15, 0.2) is 0 Å². The van der Waals surface area contributed by atoms with E-state index in [1.807, 2.05) is 43.3 Å². The lowest BCUT2D eigenvalue weighted by Gasteiger charge is -2.07. The largest absolute Gasteiger partial charge is 0.508 e. The molecule has 20 heavy (non-hydrogen) atoms. The quantitative estimate of drug-likeness (QED) is 0.623. The standard InChI is InChI=1S/C16H15ClN2O/c1-10-8-11(6-7-15(10)20)18-9-14-16(17)12-4-2-3-5-13(12)19-14/h2-8,18-20H,9H2,1H3. The predicted octanol–water partition coefficient (Wildman–Crippen LogP) is 4.45. The van der Waals surface area contributed by atoms with Crippen molar-refractivity contribution in [1.29, 1.82) is 0 Å². The summed E-state index contributed by atoms with van der Waals surface area (Å²) in [5.41, 5.74) is 3.79. The fourth-order valence-electron chi connectivity index (χ4n) is 2.24. The van der Waals surface area contributed by atoms with E-state index in [1.54, 1.807) is 6.07 Å². The first kappa shape index (κ1) is 12.9. The molecule has 0 fully saturated rings. The van der Waals surface area contributed by atoms with Gasteiger partial charge in [-0.1, -0.05) is 29.8 Å². The van der Waals surface area contributed by atoms with Crippen molar-refractivity contribution < 1.29 is 5.11 Å². The number of aromatic amines is 1. The summed E-state index contributed by atoms with van der Waals surface area (Å²) in [4.78, 5) is 3.32. The number of phenols is 1.